The summed E-state index contributed by atoms with van der Waals surface area (Å²) < 4.78 is 17.6. The fraction of sp³-hybridized carbons (Fsp3) is 0.421. The normalized spacial score (nSPS) is 15.9. The van der Waals surface area contributed by atoms with Crippen LogP contribution in [0.15, 0.2) is 72.3 Å². The Kier molecular flexibility index (Phi) is 12.7. The molecule has 0 saturated carbocycles. The van der Waals surface area contributed by atoms with Gasteiger partial charge in [0, 0.05) is 12.1 Å². The molecule has 246 valence electrons. The molecule has 1 atom stereocenters. The van der Waals surface area contributed by atoms with Gasteiger partial charge in [0.1, 0.15) is 18.1 Å². The molecular formula is C38H48N2O6. The lowest BCUT2D eigenvalue weighted by Crippen LogP contribution is -2.33. The van der Waals surface area contributed by atoms with Crippen LogP contribution in [0, 0.1) is 6.92 Å². The van der Waals surface area contributed by atoms with E-state index in [2.05, 4.69) is 25.7 Å². The Labute approximate surface area is 273 Å². The van der Waals surface area contributed by atoms with Crippen LogP contribution in [-0.4, -0.2) is 66.5 Å². The third kappa shape index (κ3) is 8.49. The highest BCUT2D eigenvalue weighted by Gasteiger charge is 2.46. The summed E-state index contributed by atoms with van der Waals surface area (Å²) in [7, 11) is 1.57. The Morgan fingerprint density at radius 1 is 0.870 bits per heavy atom. The smallest absolute Gasteiger partial charge is 0.295 e. The number of amides is 1. The second-order valence-corrected chi connectivity index (χ2v) is 11.6. The molecule has 0 radical (unpaired) electrons. The van der Waals surface area contributed by atoms with E-state index in [0.717, 1.165) is 44.5 Å². The van der Waals surface area contributed by atoms with E-state index in [4.69, 9.17) is 14.2 Å². The van der Waals surface area contributed by atoms with Crippen molar-refractivity contribution >= 4 is 17.4 Å². The van der Waals surface area contributed by atoms with Crippen molar-refractivity contribution in [2.75, 3.05) is 39.9 Å². The number of ketones is 1. The van der Waals surface area contributed by atoms with Crippen LogP contribution in [-0.2, 0) is 16.2 Å². The van der Waals surface area contributed by atoms with E-state index in [0.29, 0.717) is 54.6 Å². The predicted octanol–water partition coefficient (Wildman–Crippen LogP) is 7.31. The summed E-state index contributed by atoms with van der Waals surface area (Å²) in [6, 6.07) is 19.7. The minimum atomic E-state index is -0.780. The van der Waals surface area contributed by atoms with Crippen LogP contribution in [0.2, 0.25) is 0 Å². The maximum absolute atomic E-state index is 13.6. The van der Waals surface area contributed by atoms with Crippen molar-refractivity contribution in [3.63, 3.8) is 0 Å². The fourth-order valence-electron chi connectivity index (χ4n) is 5.68. The molecule has 3 aromatic rings. The number of likely N-dealkylation sites (tertiary alicyclic amines) is 1. The van der Waals surface area contributed by atoms with Crippen molar-refractivity contribution in [1.82, 2.24) is 9.80 Å². The van der Waals surface area contributed by atoms with Gasteiger partial charge in [0.15, 0.2) is 11.5 Å². The molecule has 1 heterocycles. The zero-order chi connectivity index (χ0) is 33.1. The largest absolute Gasteiger partial charge is 0.507 e. The molecule has 1 amide bonds. The highest BCUT2D eigenvalue weighted by atomic mass is 16.5. The molecule has 0 aliphatic carbocycles. The summed E-state index contributed by atoms with van der Waals surface area (Å²) in [5.41, 5.74) is 3.38. The second-order valence-electron chi connectivity index (χ2n) is 11.6. The number of aryl methyl sites for hydroxylation is 1. The summed E-state index contributed by atoms with van der Waals surface area (Å²) in [5, 5.41) is 11.6. The van der Waals surface area contributed by atoms with Gasteiger partial charge < -0.3 is 29.1 Å². The lowest BCUT2D eigenvalue weighted by Gasteiger charge is -2.27. The SMILES string of the molecule is CCCCCOc1ccc(C2C(=C(O)c3ccc(OCc4ccc(C)cc4)cc3)C(=O)C(=O)N2CCCN(CC)CC)cc1OC. The van der Waals surface area contributed by atoms with Crippen molar-refractivity contribution < 1.29 is 28.9 Å². The van der Waals surface area contributed by atoms with Crippen molar-refractivity contribution in [1.29, 1.82) is 0 Å². The first-order valence-electron chi connectivity index (χ1n) is 16.4. The molecule has 1 fully saturated rings. The summed E-state index contributed by atoms with van der Waals surface area (Å²) in [5.74, 6) is 0.190. The first kappa shape index (κ1) is 34.6. The van der Waals surface area contributed by atoms with Gasteiger partial charge in [0.05, 0.1) is 25.3 Å². The van der Waals surface area contributed by atoms with Crippen molar-refractivity contribution in [2.45, 2.75) is 66.0 Å². The van der Waals surface area contributed by atoms with E-state index in [1.807, 2.05) is 43.3 Å². The van der Waals surface area contributed by atoms with Gasteiger partial charge in [0.2, 0.25) is 0 Å². The number of ether oxygens (including phenoxy) is 3. The molecule has 1 aliphatic heterocycles. The predicted molar refractivity (Wildman–Crippen MR) is 181 cm³/mol. The van der Waals surface area contributed by atoms with Gasteiger partial charge in [-0.1, -0.05) is 69.5 Å². The third-order valence-electron chi connectivity index (χ3n) is 8.47. The van der Waals surface area contributed by atoms with Gasteiger partial charge in [0.25, 0.3) is 11.7 Å². The summed E-state index contributed by atoms with van der Waals surface area (Å²) in [6.07, 6.45) is 3.79. The standard InChI is InChI=1S/C38H48N2O6/c1-6-9-10-24-45-32-21-18-30(25-33(32)44-5)35-34(37(42)38(43)40(35)23-11-22-39(7-2)8-3)36(41)29-16-19-31(20-17-29)46-26-28-14-12-27(4)13-15-28/h12-21,25,35,41H,6-11,22-24,26H2,1-5H3. The quantitative estimate of drug-likeness (QED) is 0.0726. The van der Waals surface area contributed by atoms with Gasteiger partial charge in [-0.3, -0.25) is 9.59 Å². The van der Waals surface area contributed by atoms with Crippen LogP contribution in [0.5, 0.6) is 17.2 Å². The minimum absolute atomic E-state index is 0.0554. The summed E-state index contributed by atoms with van der Waals surface area (Å²) in [6.45, 7) is 12.3. The molecule has 1 aliphatic rings. The molecule has 1 unspecified atom stereocenters. The molecule has 0 bridgehead atoms. The van der Waals surface area contributed by atoms with E-state index in [1.165, 1.54) is 5.56 Å². The molecule has 8 nitrogen and oxygen atoms in total. The molecule has 1 saturated heterocycles. The Morgan fingerprint density at radius 2 is 1.59 bits per heavy atom. The number of rotatable bonds is 17. The summed E-state index contributed by atoms with van der Waals surface area (Å²) in [4.78, 5) is 31.0. The Morgan fingerprint density at radius 3 is 2.24 bits per heavy atom. The minimum Gasteiger partial charge on any atom is -0.507 e. The van der Waals surface area contributed by atoms with Gasteiger partial charge >= 0.3 is 0 Å². The Balaban J connectivity index is 1.65. The lowest BCUT2D eigenvalue weighted by molar-refractivity contribution is -0.140. The topological polar surface area (TPSA) is 88.5 Å². The van der Waals surface area contributed by atoms with Gasteiger partial charge in [-0.2, -0.15) is 0 Å². The van der Waals surface area contributed by atoms with Gasteiger partial charge in [-0.05, 0) is 86.9 Å². The van der Waals surface area contributed by atoms with E-state index >= 15 is 0 Å². The zero-order valence-corrected chi connectivity index (χ0v) is 27.9. The molecule has 0 aromatic heterocycles. The number of methoxy groups -OCH3 is 1. The molecule has 3 aromatic carbocycles. The van der Waals surface area contributed by atoms with Crippen LogP contribution in [0.25, 0.3) is 5.76 Å². The number of aliphatic hydroxyl groups is 1. The molecular weight excluding hydrogens is 580 g/mol. The molecule has 46 heavy (non-hydrogen) atoms. The Bertz CT molecular complexity index is 1480. The number of benzene rings is 3. The maximum Gasteiger partial charge on any atom is 0.295 e. The first-order valence-corrected chi connectivity index (χ1v) is 16.4. The van der Waals surface area contributed by atoms with E-state index in [9.17, 15) is 14.7 Å². The van der Waals surface area contributed by atoms with E-state index < -0.39 is 17.7 Å². The maximum atomic E-state index is 13.6. The highest BCUT2D eigenvalue weighted by molar-refractivity contribution is 6.46. The zero-order valence-electron chi connectivity index (χ0n) is 27.9. The van der Waals surface area contributed by atoms with E-state index in [-0.39, 0.29) is 11.3 Å². The van der Waals surface area contributed by atoms with Crippen LogP contribution >= 0.6 is 0 Å². The van der Waals surface area contributed by atoms with Crippen LogP contribution < -0.4 is 14.2 Å². The van der Waals surface area contributed by atoms with Crippen molar-refractivity contribution in [3.05, 3.63) is 94.6 Å². The number of carbonyl (C=O) groups excluding carboxylic acids is 2. The monoisotopic (exact) mass is 628 g/mol. The molecule has 1 N–H and O–H groups in total. The summed E-state index contributed by atoms with van der Waals surface area (Å²) >= 11 is 0. The van der Waals surface area contributed by atoms with Crippen molar-refractivity contribution in [2.24, 2.45) is 0 Å². The van der Waals surface area contributed by atoms with Gasteiger partial charge in [-0.15, -0.1) is 0 Å². The highest BCUT2D eigenvalue weighted by Crippen LogP contribution is 2.42. The van der Waals surface area contributed by atoms with Crippen LogP contribution in [0.4, 0.5) is 0 Å². The van der Waals surface area contributed by atoms with Crippen molar-refractivity contribution in [3.8, 4) is 17.2 Å². The number of Topliss-reactive ketones (excluding diaryl/α,β-unsaturated/α-hetero) is 1. The number of hydrogen-bond acceptors (Lipinski definition) is 7. The number of nitrogens with zero attached hydrogens (tertiary/aromatic N) is 2. The third-order valence-corrected chi connectivity index (χ3v) is 8.47. The molecule has 4 rings (SSSR count). The molecule has 0 spiro atoms. The number of hydrogen-bond donors (Lipinski definition) is 1. The van der Waals surface area contributed by atoms with E-state index in [1.54, 1.807) is 42.3 Å². The average Bonchev–Trinajstić information content (AvgIpc) is 3.33. The number of carbonyl (C=O) groups is 2. The van der Waals surface area contributed by atoms with Crippen LogP contribution in [0.1, 0.15) is 74.8 Å². The first-order chi connectivity index (χ1) is 22.3. The van der Waals surface area contributed by atoms with Crippen LogP contribution in [0.3, 0.4) is 0 Å². The number of aliphatic hydroxyl groups excluding tert-OH is 1. The lowest BCUT2D eigenvalue weighted by atomic mass is 9.95. The molecule has 8 heteroatoms. The fourth-order valence-corrected chi connectivity index (χ4v) is 5.68. The van der Waals surface area contributed by atoms with Gasteiger partial charge in [-0.25, -0.2) is 0 Å². The second kappa shape index (κ2) is 16.9. The Hall–Kier alpha value is -4.30. The number of unbranched alkanes of at least 4 members (excludes halogenated alkanes) is 2. The average molecular weight is 629 g/mol.